The summed E-state index contributed by atoms with van der Waals surface area (Å²) in [5.41, 5.74) is 3.65. The third-order valence-electron chi connectivity index (χ3n) is 4.73. The molecule has 2 heterocycles. The van der Waals surface area contributed by atoms with Gasteiger partial charge in [-0.3, -0.25) is 14.6 Å². The Labute approximate surface area is 163 Å². The SMILES string of the molecule is Cl.O=C(O)CCc1ccc(C(=O)CN2C3=NCCN3c3ccccc32)cc1. The van der Waals surface area contributed by atoms with E-state index in [0.29, 0.717) is 12.0 Å². The van der Waals surface area contributed by atoms with Crippen LogP contribution in [-0.4, -0.2) is 42.5 Å². The van der Waals surface area contributed by atoms with Gasteiger partial charge in [-0.25, -0.2) is 0 Å². The van der Waals surface area contributed by atoms with Crippen LogP contribution in [0.1, 0.15) is 22.3 Å². The number of halogens is 1. The molecular weight excluding hydrogens is 366 g/mol. The fourth-order valence-corrected chi connectivity index (χ4v) is 3.42. The lowest BCUT2D eigenvalue weighted by Crippen LogP contribution is -2.38. The molecule has 0 radical (unpaired) electrons. The fraction of sp³-hybridized carbons (Fsp3) is 0.250. The van der Waals surface area contributed by atoms with Gasteiger partial charge in [-0.1, -0.05) is 36.4 Å². The Hall–Kier alpha value is -2.86. The molecule has 0 atom stereocenters. The van der Waals surface area contributed by atoms with E-state index in [9.17, 15) is 9.59 Å². The number of hydrogen-bond acceptors (Lipinski definition) is 5. The molecule has 0 fully saturated rings. The first kappa shape index (κ1) is 18.9. The van der Waals surface area contributed by atoms with Crippen molar-refractivity contribution >= 4 is 41.5 Å². The monoisotopic (exact) mass is 385 g/mol. The fourth-order valence-electron chi connectivity index (χ4n) is 3.42. The standard InChI is InChI=1S/C20H19N3O3.ClH/c24-18(15-8-5-14(6-9-15)7-10-19(25)26)13-23-17-4-2-1-3-16(17)22-12-11-21-20(22)23;/h1-6,8-9H,7,10-13H2,(H,25,26);1H. The lowest BCUT2D eigenvalue weighted by atomic mass is 10.0. The number of carboxylic acids is 1. The number of aryl methyl sites for hydroxylation is 1. The molecule has 2 aromatic carbocycles. The van der Waals surface area contributed by atoms with Crippen molar-refractivity contribution in [1.82, 2.24) is 0 Å². The summed E-state index contributed by atoms with van der Waals surface area (Å²) in [6, 6.07) is 15.2. The molecule has 0 aliphatic carbocycles. The van der Waals surface area contributed by atoms with Crippen molar-refractivity contribution in [2.75, 3.05) is 29.4 Å². The normalized spacial score (nSPS) is 14.3. The maximum Gasteiger partial charge on any atom is 0.303 e. The first-order valence-electron chi connectivity index (χ1n) is 8.66. The molecule has 2 aliphatic rings. The molecule has 2 aliphatic heterocycles. The number of nitrogens with zero attached hydrogens (tertiary/aromatic N) is 3. The second kappa shape index (κ2) is 7.80. The van der Waals surface area contributed by atoms with Crippen LogP contribution in [0.3, 0.4) is 0 Å². The van der Waals surface area contributed by atoms with Gasteiger partial charge >= 0.3 is 5.97 Å². The number of carboxylic acid groups (broad SMARTS) is 1. The third-order valence-corrected chi connectivity index (χ3v) is 4.73. The van der Waals surface area contributed by atoms with Crippen molar-refractivity contribution < 1.29 is 14.7 Å². The second-order valence-electron chi connectivity index (χ2n) is 6.42. The van der Waals surface area contributed by atoms with Crippen molar-refractivity contribution in [3.05, 3.63) is 59.7 Å². The summed E-state index contributed by atoms with van der Waals surface area (Å²) in [6.45, 7) is 1.82. The van der Waals surface area contributed by atoms with Crippen molar-refractivity contribution in [1.29, 1.82) is 0 Å². The van der Waals surface area contributed by atoms with Crippen molar-refractivity contribution in [3.63, 3.8) is 0 Å². The highest BCUT2D eigenvalue weighted by molar-refractivity contribution is 6.19. The largest absolute Gasteiger partial charge is 0.481 e. The number of benzene rings is 2. The second-order valence-corrected chi connectivity index (χ2v) is 6.42. The van der Waals surface area contributed by atoms with Gasteiger partial charge < -0.3 is 14.9 Å². The molecule has 7 heteroatoms. The van der Waals surface area contributed by atoms with Crippen LogP contribution < -0.4 is 9.80 Å². The van der Waals surface area contributed by atoms with E-state index in [0.717, 1.165) is 36.0 Å². The summed E-state index contributed by atoms with van der Waals surface area (Å²) >= 11 is 0. The number of ketones is 1. The van der Waals surface area contributed by atoms with Gasteiger partial charge in [0.05, 0.1) is 24.5 Å². The van der Waals surface area contributed by atoms with Crippen LogP contribution in [-0.2, 0) is 11.2 Å². The van der Waals surface area contributed by atoms with Crippen LogP contribution in [0, 0.1) is 0 Å². The Balaban J connectivity index is 0.00000210. The van der Waals surface area contributed by atoms with E-state index in [-0.39, 0.29) is 31.2 Å². The minimum atomic E-state index is -0.820. The highest BCUT2D eigenvalue weighted by atomic mass is 35.5. The van der Waals surface area contributed by atoms with E-state index in [1.54, 1.807) is 12.1 Å². The Morgan fingerprint density at radius 1 is 1.04 bits per heavy atom. The zero-order valence-corrected chi connectivity index (χ0v) is 15.5. The number of carbonyl (C=O) groups excluding carboxylic acids is 1. The molecule has 0 amide bonds. The molecular formula is C20H20ClN3O3. The summed E-state index contributed by atoms with van der Waals surface area (Å²) < 4.78 is 0. The molecule has 1 N–H and O–H groups in total. The zero-order valence-electron chi connectivity index (χ0n) is 14.7. The van der Waals surface area contributed by atoms with Crippen LogP contribution >= 0.6 is 12.4 Å². The minimum absolute atomic E-state index is 0. The van der Waals surface area contributed by atoms with Crippen LogP contribution in [0.15, 0.2) is 53.5 Å². The topological polar surface area (TPSA) is 73.2 Å². The molecule has 0 saturated heterocycles. The van der Waals surface area contributed by atoms with Gasteiger partial charge in [0.1, 0.15) is 0 Å². The van der Waals surface area contributed by atoms with Gasteiger partial charge in [0.25, 0.3) is 0 Å². The molecule has 4 rings (SSSR count). The van der Waals surface area contributed by atoms with E-state index in [4.69, 9.17) is 5.11 Å². The van der Waals surface area contributed by atoms with Crippen molar-refractivity contribution in [2.45, 2.75) is 12.8 Å². The predicted molar refractivity (Wildman–Crippen MR) is 107 cm³/mol. The molecule has 0 unspecified atom stereocenters. The number of anilines is 2. The summed E-state index contributed by atoms with van der Waals surface area (Å²) in [4.78, 5) is 32.1. The lowest BCUT2D eigenvalue weighted by Gasteiger charge is -2.18. The van der Waals surface area contributed by atoms with Crippen molar-refractivity contribution in [2.24, 2.45) is 4.99 Å². The highest BCUT2D eigenvalue weighted by Crippen LogP contribution is 2.38. The molecule has 0 bridgehead atoms. The molecule has 0 saturated carbocycles. The number of fused-ring (bicyclic) bond motifs is 3. The molecule has 140 valence electrons. The number of rotatable bonds is 6. The molecule has 6 nitrogen and oxygen atoms in total. The number of carbonyl (C=O) groups is 2. The van der Waals surface area contributed by atoms with Gasteiger partial charge in [0.2, 0.25) is 5.96 Å². The average molecular weight is 386 g/mol. The summed E-state index contributed by atoms with van der Waals surface area (Å²) in [7, 11) is 0. The van der Waals surface area contributed by atoms with Crippen LogP contribution in [0.2, 0.25) is 0 Å². The first-order chi connectivity index (χ1) is 12.6. The van der Waals surface area contributed by atoms with Crippen molar-refractivity contribution in [3.8, 4) is 0 Å². The number of hydrogen-bond donors (Lipinski definition) is 1. The minimum Gasteiger partial charge on any atom is -0.481 e. The predicted octanol–water partition coefficient (Wildman–Crippen LogP) is 3.00. The van der Waals surface area contributed by atoms with Crippen LogP contribution in [0.4, 0.5) is 11.4 Å². The Morgan fingerprint density at radius 3 is 2.44 bits per heavy atom. The summed E-state index contributed by atoms with van der Waals surface area (Å²) in [5.74, 6) is 0.0402. The maximum atomic E-state index is 12.8. The summed E-state index contributed by atoms with van der Waals surface area (Å²) in [5, 5.41) is 8.76. The average Bonchev–Trinajstić information content (AvgIpc) is 3.23. The van der Waals surface area contributed by atoms with E-state index in [1.165, 1.54) is 0 Å². The first-order valence-corrected chi connectivity index (χ1v) is 8.66. The molecule has 0 aromatic heterocycles. The Kier molecular flexibility index (Phi) is 5.46. The number of aliphatic carboxylic acids is 1. The number of aliphatic imine (C=N–C) groups is 1. The third kappa shape index (κ3) is 3.66. The molecule has 2 aromatic rings. The van der Waals surface area contributed by atoms with Gasteiger partial charge in [0, 0.05) is 18.5 Å². The number of para-hydroxylation sites is 2. The van der Waals surface area contributed by atoms with Gasteiger partial charge in [-0.15, -0.1) is 12.4 Å². The smallest absolute Gasteiger partial charge is 0.303 e. The highest BCUT2D eigenvalue weighted by Gasteiger charge is 2.35. The number of Topliss-reactive ketones (excluding diaryl/α,β-unsaturated/α-hetero) is 1. The Morgan fingerprint density at radius 2 is 1.74 bits per heavy atom. The lowest BCUT2D eigenvalue weighted by molar-refractivity contribution is -0.136. The molecule has 27 heavy (non-hydrogen) atoms. The van der Waals surface area contributed by atoms with Gasteiger partial charge in [0.15, 0.2) is 5.78 Å². The van der Waals surface area contributed by atoms with E-state index in [1.807, 2.05) is 35.2 Å². The summed E-state index contributed by atoms with van der Waals surface area (Å²) in [6.07, 6.45) is 0.558. The quantitative estimate of drug-likeness (QED) is 0.774. The van der Waals surface area contributed by atoms with Gasteiger partial charge in [-0.05, 0) is 24.1 Å². The zero-order chi connectivity index (χ0) is 18.1. The van der Waals surface area contributed by atoms with Crippen LogP contribution in [0.25, 0.3) is 0 Å². The number of guanidine groups is 1. The van der Waals surface area contributed by atoms with Gasteiger partial charge in [-0.2, -0.15) is 0 Å². The van der Waals surface area contributed by atoms with E-state index in [2.05, 4.69) is 16.0 Å². The van der Waals surface area contributed by atoms with Crippen LogP contribution in [0.5, 0.6) is 0 Å². The molecule has 0 spiro atoms. The maximum absolute atomic E-state index is 12.8. The Bertz CT molecular complexity index is 896. The van der Waals surface area contributed by atoms with E-state index < -0.39 is 5.97 Å². The van der Waals surface area contributed by atoms with E-state index >= 15 is 0 Å².